The van der Waals surface area contributed by atoms with E-state index in [4.69, 9.17) is 4.18 Å². The summed E-state index contributed by atoms with van der Waals surface area (Å²) in [6.45, 7) is 0. The van der Waals surface area contributed by atoms with Gasteiger partial charge in [0.25, 0.3) is 0 Å². The summed E-state index contributed by atoms with van der Waals surface area (Å²) in [6, 6.07) is 8.45. The lowest BCUT2D eigenvalue weighted by Gasteiger charge is -2.09. The van der Waals surface area contributed by atoms with Gasteiger partial charge in [0.2, 0.25) is 0 Å². The van der Waals surface area contributed by atoms with Gasteiger partial charge in [-0.05, 0) is 54.9 Å². The molecule has 0 N–H and O–H groups in total. The number of hydrogen-bond acceptors (Lipinski definition) is 4. The van der Waals surface area contributed by atoms with Gasteiger partial charge in [-0.2, -0.15) is 21.6 Å². The monoisotopic (exact) mass is 356 g/mol. The summed E-state index contributed by atoms with van der Waals surface area (Å²) in [7, 11) is -2.57. The summed E-state index contributed by atoms with van der Waals surface area (Å²) in [4.78, 5) is 11.1. The Labute approximate surface area is 137 Å². The maximum Gasteiger partial charge on any atom is 0.416 e. The molecule has 0 spiro atoms. The molecule has 0 amide bonds. The van der Waals surface area contributed by atoms with Crippen LogP contribution in [0.25, 0.3) is 0 Å². The summed E-state index contributed by atoms with van der Waals surface area (Å²) in [5.41, 5.74) is -0.541. The standard InChI is InChI=1S/C15H12BF3O4S/c16-9-14(20)10-1-5-12(6-2-10)23-24(21,22)13-7-3-11(4-8-13)15(17,18)19/h1-8H,9,16H2. The van der Waals surface area contributed by atoms with Gasteiger partial charge in [-0.25, -0.2) is 0 Å². The van der Waals surface area contributed by atoms with E-state index in [2.05, 4.69) is 0 Å². The minimum Gasteiger partial charge on any atom is -0.379 e. The van der Waals surface area contributed by atoms with Crippen LogP contribution in [0.3, 0.4) is 0 Å². The largest absolute Gasteiger partial charge is 0.416 e. The quantitative estimate of drug-likeness (QED) is 0.470. The van der Waals surface area contributed by atoms with Crippen LogP contribution in [0.1, 0.15) is 15.9 Å². The third kappa shape index (κ3) is 4.17. The third-order valence-corrected chi connectivity index (χ3v) is 4.44. The molecular formula is C15H12BF3O4S. The van der Waals surface area contributed by atoms with Gasteiger partial charge in [0.15, 0.2) is 5.78 Å². The van der Waals surface area contributed by atoms with Gasteiger partial charge in [0, 0.05) is 5.56 Å². The van der Waals surface area contributed by atoms with Crippen molar-refractivity contribution in [2.75, 3.05) is 0 Å². The van der Waals surface area contributed by atoms with Crippen molar-refractivity contribution in [1.29, 1.82) is 0 Å². The van der Waals surface area contributed by atoms with Crippen LogP contribution in [-0.2, 0) is 16.3 Å². The number of alkyl halides is 3. The van der Waals surface area contributed by atoms with Crippen LogP contribution in [0.5, 0.6) is 5.75 Å². The highest BCUT2D eigenvalue weighted by Gasteiger charge is 2.30. The minimum absolute atomic E-state index is 0.0393. The molecule has 0 aliphatic heterocycles. The molecule has 0 radical (unpaired) electrons. The molecule has 0 aliphatic rings. The fourth-order valence-corrected chi connectivity index (χ4v) is 2.82. The molecule has 0 saturated heterocycles. The van der Waals surface area contributed by atoms with Crippen molar-refractivity contribution >= 4 is 23.7 Å². The first-order valence-corrected chi connectivity index (χ1v) is 8.29. The number of Topliss-reactive ketones (excluding diaryl/α,β-unsaturated/α-hetero) is 1. The van der Waals surface area contributed by atoms with Gasteiger partial charge in [-0.1, -0.05) is 0 Å². The van der Waals surface area contributed by atoms with Gasteiger partial charge < -0.3 is 4.18 Å². The molecule has 9 heteroatoms. The minimum atomic E-state index is -4.55. The normalized spacial score (nSPS) is 12.0. The highest BCUT2D eigenvalue weighted by Crippen LogP contribution is 2.30. The zero-order valence-electron chi connectivity index (χ0n) is 12.5. The van der Waals surface area contributed by atoms with Crippen LogP contribution in [0, 0.1) is 0 Å². The summed E-state index contributed by atoms with van der Waals surface area (Å²) < 4.78 is 66.5. The smallest absolute Gasteiger partial charge is 0.379 e. The zero-order valence-corrected chi connectivity index (χ0v) is 13.3. The molecule has 0 aromatic heterocycles. The maximum absolute atomic E-state index is 12.5. The van der Waals surface area contributed by atoms with E-state index in [1.54, 1.807) is 7.85 Å². The molecule has 0 saturated carbocycles. The number of carbonyl (C=O) groups is 1. The summed E-state index contributed by atoms with van der Waals surface area (Å²) in [6.07, 6.45) is -4.24. The SMILES string of the molecule is BCC(=O)c1ccc(OS(=O)(=O)c2ccc(C(F)(F)F)cc2)cc1. The first-order chi connectivity index (χ1) is 11.1. The summed E-state index contributed by atoms with van der Waals surface area (Å²) >= 11 is 0. The number of benzene rings is 2. The lowest BCUT2D eigenvalue weighted by molar-refractivity contribution is -0.137. The van der Waals surface area contributed by atoms with Gasteiger partial charge in [-0.3, -0.25) is 4.79 Å². The third-order valence-electron chi connectivity index (χ3n) is 3.17. The molecule has 0 fully saturated rings. The predicted molar refractivity (Wildman–Crippen MR) is 83.4 cm³/mol. The first-order valence-electron chi connectivity index (χ1n) is 6.88. The number of ketones is 1. The van der Waals surface area contributed by atoms with Gasteiger partial charge in [0.1, 0.15) is 18.5 Å². The Kier molecular flexibility index (Phi) is 5.03. The first kappa shape index (κ1) is 18.1. The van der Waals surface area contributed by atoms with Crippen LogP contribution in [0.4, 0.5) is 13.2 Å². The fourth-order valence-electron chi connectivity index (χ4n) is 1.89. The molecule has 126 valence electrons. The molecule has 0 unspecified atom stereocenters. The second-order valence-corrected chi connectivity index (χ2v) is 6.41. The molecule has 0 aliphatic carbocycles. The average Bonchev–Trinajstić information content (AvgIpc) is 2.54. The Morgan fingerprint density at radius 2 is 1.54 bits per heavy atom. The molecule has 24 heavy (non-hydrogen) atoms. The van der Waals surface area contributed by atoms with Crippen molar-refractivity contribution in [1.82, 2.24) is 0 Å². The van der Waals surface area contributed by atoms with Crippen molar-refractivity contribution in [3.05, 3.63) is 59.7 Å². The summed E-state index contributed by atoms with van der Waals surface area (Å²) in [5.74, 6) is -0.144. The lowest BCUT2D eigenvalue weighted by atomic mass is 9.96. The van der Waals surface area contributed by atoms with Crippen molar-refractivity contribution in [3.8, 4) is 5.75 Å². The predicted octanol–water partition coefficient (Wildman–Crippen LogP) is 2.71. The van der Waals surface area contributed by atoms with Crippen molar-refractivity contribution in [3.63, 3.8) is 0 Å². The van der Waals surface area contributed by atoms with E-state index in [-0.39, 0.29) is 11.5 Å². The highest BCUT2D eigenvalue weighted by molar-refractivity contribution is 7.87. The molecule has 0 heterocycles. The van der Waals surface area contributed by atoms with E-state index in [0.29, 0.717) is 24.0 Å². The fraction of sp³-hybridized carbons (Fsp3) is 0.133. The second-order valence-electron chi connectivity index (χ2n) is 4.86. The van der Waals surface area contributed by atoms with Gasteiger partial charge in [-0.15, -0.1) is 0 Å². The van der Waals surface area contributed by atoms with E-state index in [0.717, 1.165) is 12.1 Å². The van der Waals surface area contributed by atoms with Crippen LogP contribution >= 0.6 is 0 Å². The van der Waals surface area contributed by atoms with Crippen LogP contribution in [-0.4, -0.2) is 22.0 Å². The highest BCUT2D eigenvalue weighted by atomic mass is 32.2. The van der Waals surface area contributed by atoms with Crippen molar-refractivity contribution in [2.24, 2.45) is 0 Å². The number of hydrogen-bond donors (Lipinski definition) is 0. The van der Waals surface area contributed by atoms with E-state index in [9.17, 15) is 26.4 Å². The average molecular weight is 356 g/mol. The Morgan fingerprint density at radius 1 is 1.00 bits per heavy atom. The van der Waals surface area contributed by atoms with Crippen molar-refractivity contribution < 1.29 is 30.6 Å². The molecule has 2 aromatic rings. The summed E-state index contributed by atoms with van der Waals surface area (Å²) in [5, 5.41) is 0. The molecule has 0 atom stereocenters. The topological polar surface area (TPSA) is 60.4 Å². The molecular weight excluding hydrogens is 344 g/mol. The van der Waals surface area contributed by atoms with Crippen molar-refractivity contribution in [2.45, 2.75) is 17.4 Å². The van der Waals surface area contributed by atoms with Crippen LogP contribution in [0.15, 0.2) is 53.4 Å². The van der Waals surface area contributed by atoms with E-state index in [1.165, 1.54) is 24.3 Å². The lowest BCUT2D eigenvalue weighted by Crippen LogP contribution is -2.11. The zero-order chi connectivity index (χ0) is 18.0. The second kappa shape index (κ2) is 6.68. The number of rotatable bonds is 5. The Balaban J connectivity index is 2.20. The Bertz CT molecular complexity index is 829. The van der Waals surface area contributed by atoms with Crippen LogP contribution < -0.4 is 4.18 Å². The molecule has 2 aromatic carbocycles. The Hall–Kier alpha value is -2.29. The van der Waals surface area contributed by atoms with Gasteiger partial charge in [0.05, 0.1) is 5.56 Å². The molecule has 2 rings (SSSR count). The number of halogens is 3. The van der Waals surface area contributed by atoms with Gasteiger partial charge >= 0.3 is 16.3 Å². The maximum atomic E-state index is 12.5. The number of carbonyl (C=O) groups excluding carboxylic acids is 1. The Morgan fingerprint density at radius 3 is 2.00 bits per heavy atom. The molecule has 4 nitrogen and oxygen atoms in total. The molecule has 0 bridgehead atoms. The van der Waals surface area contributed by atoms with E-state index < -0.39 is 26.8 Å². The van der Waals surface area contributed by atoms with E-state index in [1.807, 2.05) is 0 Å². The van der Waals surface area contributed by atoms with E-state index >= 15 is 0 Å². The van der Waals surface area contributed by atoms with Crippen LogP contribution in [0.2, 0.25) is 6.32 Å².